The van der Waals surface area contributed by atoms with Crippen molar-refractivity contribution in [3.63, 3.8) is 0 Å². The van der Waals surface area contributed by atoms with Gasteiger partial charge >= 0.3 is 24.7 Å². The zero-order valence-corrected chi connectivity index (χ0v) is 97.4. The first kappa shape index (κ1) is 137. The van der Waals surface area contributed by atoms with E-state index in [1.54, 1.807) is 37.0 Å². The van der Waals surface area contributed by atoms with E-state index in [0.717, 1.165) is 48.5 Å². The summed E-state index contributed by atoms with van der Waals surface area (Å²) in [5.74, 6) is 0. The Bertz CT molecular complexity index is 3110. The topological polar surface area (TPSA) is 14.1 Å². The molecule has 0 N–H and O–H groups in total. The lowest BCUT2D eigenvalue weighted by Crippen LogP contribution is -2.74. The summed E-state index contributed by atoms with van der Waals surface area (Å²) in [5, 5.41) is 0. The van der Waals surface area contributed by atoms with Crippen LogP contribution in [0.4, 0.5) is 52.7 Å². The van der Waals surface area contributed by atoms with Crippen molar-refractivity contribution in [2.75, 3.05) is 37.0 Å². The van der Waals surface area contributed by atoms with Crippen LogP contribution < -0.4 is 26.0 Å². The van der Waals surface area contributed by atoms with Crippen LogP contribution in [-0.4, -0.2) is 43.1 Å². The van der Waals surface area contributed by atoms with Gasteiger partial charge in [0.1, 0.15) is 6.15 Å². The van der Waals surface area contributed by atoms with Crippen LogP contribution in [0.25, 0.3) is 0 Å². The maximum atomic E-state index is 13.3. The lowest BCUT2D eigenvalue weighted by atomic mass is 9.13. The van der Waals surface area contributed by atoms with Gasteiger partial charge in [-0.1, -0.05) is 678 Å². The molecule has 0 unspecified atom stereocenters. The first-order chi connectivity index (χ1) is 70.9. The molecular weight excluding hydrogens is 1880 g/mol. The molecule has 0 aromatic heterocycles. The molecule has 0 spiro atoms. The standard InChI is InChI=1S/C102H210NP2.C28H16BF12/c1-7-13-19-25-31-37-43-49-55-61-67-73-79-85-91-97-104(98-92-86-80-74-68-62-56-50-44-38-32-26-20-14-8-2,99-93-87-81-75-69-63-57-51-45-39-33-27-21-15-9-3)103-105(100-94-88-82-76-70-64-58-52-46-40-34-28-22-16-10-4,101-95-89-83-77-71-65-59-53-47-41-35-29-23-17-11-5)102-96-90-84-78-72-66-60-54-48-42-36-30-24-18-12-6;30-25(31,32)17-1-9-21(10-2-17)29(22-11-3-18(4-12-22)26(33,34)35,23-13-5-19(6-14-23)27(36,37)38)24-15-7-20(8-16-24)28(39,40)41/h7-102H2,1-6H3;1-16H/q+1;-1. The Balaban J connectivity index is 0.00000109. The van der Waals surface area contributed by atoms with Gasteiger partial charge in [0.05, 0.1) is 22.3 Å². The summed E-state index contributed by atoms with van der Waals surface area (Å²) >= 11 is 0. The Hall–Kier alpha value is -3.33. The molecule has 0 atom stereocenters. The molecule has 848 valence electrons. The van der Waals surface area contributed by atoms with Crippen LogP contribution in [0, 0.1) is 0 Å². The Morgan fingerprint density at radius 2 is 0.233 bits per heavy atom. The first-order valence-electron chi connectivity index (χ1n) is 63.2. The Morgan fingerprint density at radius 1 is 0.144 bits per heavy atom. The Morgan fingerprint density at radius 3 is 0.322 bits per heavy atom. The molecule has 16 heteroatoms. The van der Waals surface area contributed by atoms with E-state index in [0.29, 0.717) is 48.5 Å². The van der Waals surface area contributed by atoms with Gasteiger partial charge in [-0.3, -0.25) is 0 Å². The zero-order valence-electron chi connectivity index (χ0n) is 95.6. The molecule has 146 heavy (non-hydrogen) atoms. The largest absolute Gasteiger partial charge is 0.416 e. The number of hydrogen-bond acceptors (Lipinski definition) is 0. The van der Waals surface area contributed by atoms with Crippen molar-refractivity contribution < 1.29 is 52.7 Å². The van der Waals surface area contributed by atoms with Crippen molar-refractivity contribution in [1.29, 1.82) is 0 Å². The summed E-state index contributed by atoms with van der Waals surface area (Å²) in [6, 6.07) is 13.6. The van der Waals surface area contributed by atoms with Crippen molar-refractivity contribution in [1.82, 2.24) is 4.17 Å². The summed E-state index contributed by atoms with van der Waals surface area (Å²) in [6.45, 7) is 14.1. The van der Waals surface area contributed by atoms with Gasteiger partial charge in [0.2, 0.25) is 14.1 Å². The van der Waals surface area contributed by atoms with Crippen LogP contribution in [0.1, 0.15) is 642 Å². The maximum Gasteiger partial charge on any atom is 0.416 e. The lowest BCUT2D eigenvalue weighted by molar-refractivity contribution is -0.138. The molecule has 4 rings (SSSR count). The third kappa shape index (κ3) is 69.5. The van der Waals surface area contributed by atoms with E-state index in [1.165, 1.54) is 578 Å². The number of benzene rings is 4. The highest BCUT2D eigenvalue weighted by Gasteiger charge is 2.40. The third-order valence-corrected chi connectivity index (χ3v) is 42.3. The van der Waals surface area contributed by atoms with Crippen LogP contribution in [-0.2, 0) is 24.7 Å². The molecule has 0 aliphatic carbocycles. The van der Waals surface area contributed by atoms with E-state index in [-0.39, 0.29) is 21.9 Å². The number of unbranched alkanes of at least 4 members (excludes halogenated alkanes) is 84. The monoisotopic (exact) mass is 2100 g/mol. The highest BCUT2D eigenvalue weighted by molar-refractivity contribution is 7.73. The quantitative estimate of drug-likeness (QED) is 0.0138. The molecule has 1 nitrogen and oxygen atoms in total. The minimum atomic E-state index is -4.77. The summed E-state index contributed by atoms with van der Waals surface area (Å²) < 4.78 is 167. The molecule has 0 heterocycles. The molecule has 0 saturated heterocycles. The van der Waals surface area contributed by atoms with Gasteiger partial charge < -0.3 is 0 Å². The highest BCUT2D eigenvalue weighted by atomic mass is 31.2. The van der Waals surface area contributed by atoms with Gasteiger partial charge in [-0.25, -0.2) is 0 Å². The molecule has 0 aliphatic heterocycles. The van der Waals surface area contributed by atoms with E-state index < -0.39 is 67.2 Å². The summed E-state index contributed by atoms with van der Waals surface area (Å²) in [7, 11) is -2.94. The van der Waals surface area contributed by atoms with Crippen molar-refractivity contribution in [3.8, 4) is 0 Å². The zero-order chi connectivity index (χ0) is 106. The van der Waals surface area contributed by atoms with Crippen LogP contribution in [0.5, 0.6) is 0 Å². The van der Waals surface area contributed by atoms with Crippen LogP contribution in [0.15, 0.2) is 97.1 Å². The van der Waals surface area contributed by atoms with Crippen LogP contribution in [0.2, 0.25) is 0 Å². The van der Waals surface area contributed by atoms with Crippen LogP contribution >= 0.6 is 14.1 Å². The molecule has 0 bridgehead atoms. The summed E-state index contributed by atoms with van der Waals surface area (Å²) in [6.07, 6.45) is 120. The number of alkyl halides is 12. The third-order valence-electron chi connectivity index (χ3n) is 32.4. The second kappa shape index (κ2) is 90.8. The summed E-state index contributed by atoms with van der Waals surface area (Å²) in [5.41, 5.74) is -4.29. The van der Waals surface area contributed by atoms with Gasteiger partial charge in [-0.05, 0) is 38.5 Å². The van der Waals surface area contributed by atoms with Gasteiger partial charge in [0, 0.05) is 37.0 Å². The van der Waals surface area contributed by atoms with Crippen molar-refractivity contribution in [3.05, 3.63) is 119 Å². The molecule has 4 aromatic rings. The fourth-order valence-electron chi connectivity index (χ4n) is 23.0. The van der Waals surface area contributed by atoms with Crippen molar-refractivity contribution >= 4 is 42.1 Å². The van der Waals surface area contributed by atoms with Gasteiger partial charge in [0.15, 0.2) is 0 Å². The predicted octanol–water partition coefficient (Wildman–Crippen LogP) is 46.8. The number of rotatable bonds is 100. The molecular formula is C130H226BF12NP2. The van der Waals surface area contributed by atoms with Gasteiger partial charge in [-0.15, -0.1) is 0 Å². The van der Waals surface area contributed by atoms with Crippen molar-refractivity contribution in [2.45, 2.75) is 644 Å². The van der Waals surface area contributed by atoms with E-state index in [4.69, 9.17) is 4.17 Å². The molecule has 4 aromatic carbocycles. The maximum absolute atomic E-state index is 13.3. The van der Waals surface area contributed by atoms with Gasteiger partial charge in [-0.2, -0.15) is 78.7 Å². The second-order valence-corrected chi connectivity index (χ2v) is 53.4. The average molecular weight is 2100 g/mol. The molecule has 0 aliphatic rings. The number of hydrogen-bond donors (Lipinski definition) is 0. The molecule has 0 fully saturated rings. The fraction of sp³-hybridized carbons (Fsp3) is 0.815. The Kier molecular flexibility index (Phi) is 85.1. The number of nitrogens with zero attached hydrogens (tertiary/aromatic N) is 1. The first-order valence-corrected chi connectivity index (χ1v) is 67.8. The lowest BCUT2D eigenvalue weighted by Gasteiger charge is -2.44. The van der Waals surface area contributed by atoms with E-state index in [1.807, 2.05) is 0 Å². The van der Waals surface area contributed by atoms with Crippen LogP contribution in [0.3, 0.4) is 0 Å². The predicted molar refractivity (Wildman–Crippen MR) is 625 cm³/mol. The normalized spacial score (nSPS) is 12.5. The number of halogens is 12. The summed E-state index contributed by atoms with van der Waals surface area (Å²) in [4.78, 5) is 0. The van der Waals surface area contributed by atoms with Crippen molar-refractivity contribution in [2.24, 2.45) is 0 Å². The Labute approximate surface area is 893 Å². The molecule has 0 amide bonds. The molecule has 0 saturated carbocycles. The highest BCUT2D eigenvalue weighted by Crippen LogP contribution is 2.57. The van der Waals surface area contributed by atoms with E-state index in [9.17, 15) is 52.7 Å². The van der Waals surface area contributed by atoms with E-state index >= 15 is 0 Å². The van der Waals surface area contributed by atoms with E-state index in [2.05, 4.69) is 41.5 Å². The smallest absolute Gasteiger partial charge is 0.195 e. The SMILES string of the molecule is CCCCCCCCCCCCCCCCCP(CCCCCCCCCCCCCCCCC)(CCCCCCCCCCCCCCCCC)=[N+]=P(CCCCCCCCCCCCCCCCC)(CCCCCCCCCCCCCCCCC)CCCCCCCCCCCCCCCCC.FC(F)(F)c1ccc([B-](c2ccc(C(F)(F)F)cc2)(c2ccc(C(F)(F)F)cc2)c2ccc(C(F)(F)F)cc2)cc1. The van der Waals surface area contributed by atoms with Gasteiger partial charge in [0.25, 0.3) is 0 Å². The second-order valence-electron chi connectivity index (χ2n) is 45.7. The molecule has 0 radical (unpaired) electrons. The minimum Gasteiger partial charge on any atom is -0.195 e. The average Bonchev–Trinajstić information content (AvgIpc) is 0.725. The fourth-order valence-corrected chi connectivity index (χ4v) is 34.6. The minimum absolute atomic E-state index is 0.0114.